The van der Waals surface area contributed by atoms with Crippen molar-refractivity contribution >= 4 is 16.0 Å². The third kappa shape index (κ3) is 3.03. The van der Waals surface area contributed by atoms with Gasteiger partial charge in [0, 0.05) is 13.6 Å². The highest BCUT2D eigenvalue weighted by atomic mass is 32.2. The summed E-state index contributed by atoms with van der Waals surface area (Å²) in [5.74, 6) is -1.02. The van der Waals surface area contributed by atoms with Crippen molar-refractivity contribution in [2.45, 2.75) is 11.6 Å². The van der Waals surface area contributed by atoms with Gasteiger partial charge in [0.05, 0.1) is 11.8 Å². The molecule has 0 fully saturated rings. The van der Waals surface area contributed by atoms with Crippen LogP contribution in [0.25, 0.3) is 0 Å². The monoisotopic (exact) mass is 295 g/mol. The first kappa shape index (κ1) is 14.2. The highest BCUT2D eigenvalue weighted by Gasteiger charge is 2.17. The third-order valence-corrected chi connectivity index (χ3v) is 4.19. The van der Waals surface area contributed by atoms with Crippen LogP contribution in [-0.4, -0.2) is 29.3 Å². The highest BCUT2D eigenvalue weighted by molar-refractivity contribution is 7.89. The van der Waals surface area contributed by atoms with E-state index in [0.717, 1.165) is 0 Å². The first-order valence-electron chi connectivity index (χ1n) is 5.70. The van der Waals surface area contributed by atoms with Crippen LogP contribution in [0.1, 0.15) is 15.9 Å². The minimum atomic E-state index is -3.64. The van der Waals surface area contributed by atoms with E-state index in [4.69, 9.17) is 5.11 Å². The summed E-state index contributed by atoms with van der Waals surface area (Å²) >= 11 is 0. The summed E-state index contributed by atoms with van der Waals surface area (Å²) in [5, 5.41) is 12.6. The molecule has 0 atom stereocenters. The molecule has 1 aromatic heterocycles. The maximum absolute atomic E-state index is 12.0. The van der Waals surface area contributed by atoms with Crippen LogP contribution >= 0.6 is 0 Å². The standard InChI is InChI=1S/C12H13N3O4S/c1-15-11(6-7-13-15)20(18,19)14-8-9-2-4-10(5-3-9)12(16)17/h2-7,14H,8H2,1H3,(H,16,17). The largest absolute Gasteiger partial charge is 0.478 e. The van der Waals surface area contributed by atoms with Gasteiger partial charge in [-0.25, -0.2) is 17.9 Å². The second-order valence-electron chi connectivity index (χ2n) is 4.12. The number of hydrogen-bond acceptors (Lipinski definition) is 4. The molecule has 0 saturated carbocycles. The molecule has 0 aliphatic carbocycles. The molecular weight excluding hydrogens is 282 g/mol. The van der Waals surface area contributed by atoms with Crippen LogP contribution in [0.3, 0.4) is 0 Å². The lowest BCUT2D eigenvalue weighted by Gasteiger charge is -2.07. The number of carboxylic acids is 1. The van der Waals surface area contributed by atoms with Crippen molar-refractivity contribution in [1.29, 1.82) is 0 Å². The normalized spacial score (nSPS) is 11.4. The molecule has 1 heterocycles. The Kier molecular flexibility index (Phi) is 3.86. The van der Waals surface area contributed by atoms with E-state index in [1.165, 1.54) is 36.1 Å². The van der Waals surface area contributed by atoms with Crippen molar-refractivity contribution in [3.63, 3.8) is 0 Å². The molecule has 0 amide bonds. The van der Waals surface area contributed by atoms with Crippen LogP contribution in [0.4, 0.5) is 0 Å². The second kappa shape index (κ2) is 5.43. The Bertz CT molecular complexity index is 719. The molecule has 106 valence electrons. The molecule has 0 radical (unpaired) electrons. The summed E-state index contributed by atoms with van der Waals surface area (Å²) in [6.07, 6.45) is 1.40. The number of benzene rings is 1. The van der Waals surface area contributed by atoms with Gasteiger partial charge in [0.25, 0.3) is 10.0 Å². The van der Waals surface area contributed by atoms with Crippen molar-refractivity contribution in [2.75, 3.05) is 0 Å². The van der Waals surface area contributed by atoms with Crippen LogP contribution in [0, 0.1) is 0 Å². The van der Waals surface area contributed by atoms with Gasteiger partial charge >= 0.3 is 5.97 Å². The van der Waals surface area contributed by atoms with Crippen molar-refractivity contribution in [2.24, 2.45) is 7.05 Å². The number of hydrogen-bond donors (Lipinski definition) is 2. The van der Waals surface area contributed by atoms with Gasteiger partial charge in [0.15, 0.2) is 5.03 Å². The lowest BCUT2D eigenvalue weighted by molar-refractivity contribution is 0.0697. The van der Waals surface area contributed by atoms with Crippen molar-refractivity contribution in [3.05, 3.63) is 47.7 Å². The highest BCUT2D eigenvalue weighted by Crippen LogP contribution is 2.09. The molecule has 2 rings (SSSR count). The molecule has 0 aliphatic rings. The predicted octanol–water partition coefficient (Wildman–Crippen LogP) is 0.597. The zero-order valence-electron chi connectivity index (χ0n) is 10.6. The van der Waals surface area contributed by atoms with Crippen molar-refractivity contribution < 1.29 is 18.3 Å². The number of carboxylic acid groups (broad SMARTS) is 1. The zero-order chi connectivity index (χ0) is 14.8. The number of nitrogens with one attached hydrogen (secondary N) is 1. The number of aryl methyl sites for hydroxylation is 1. The fourth-order valence-electron chi connectivity index (χ4n) is 1.64. The molecule has 0 spiro atoms. The fraction of sp³-hybridized carbons (Fsp3) is 0.167. The molecule has 0 unspecified atom stereocenters. The van der Waals surface area contributed by atoms with Gasteiger partial charge < -0.3 is 5.11 Å². The average molecular weight is 295 g/mol. The SMILES string of the molecule is Cn1nccc1S(=O)(=O)NCc1ccc(C(=O)O)cc1. The Hall–Kier alpha value is -2.19. The minimum absolute atomic E-state index is 0.0691. The number of nitrogens with zero attached hydrogens (tertiary/aromatic N) is 2. The molecular formula is C12H13N3O4S. The summed E-state index contributed by atoms with van der Waals surface area (Å²) in [4.78, 5) is 10.7. The lowest BCUT2D eigenvalue weighted by atomic mass is 10.1. The summed E-state index contributed by atoms with van der Waals surface area (Å²) in [7, 11) is -2.10. The molecule has 7 nitrogen and oxygen atoms in total. The molecule has 0 aliphatic heterocycles. The average Bonchev–Trinajstić information content (AvgIpc) is 2.84. The van der Waals surface area contributed by atoms with E-state index in [0.29, 0.717) is 5.56 Å². The van der Waals surface area contributed by atoms with Crippen molar-refractivity contribution in [1.82, 2.24) is 14.5 Å². The van der Waals surface area contributed by atoms with Crippen LogP contribution in [0.15, 0.2) is 41.6 Å². The molecule has 0 bridgehead atoms. The molecule has 20 heavy (non-hydrogen) atoms. The maximum atomic E-state index is 12.0. The quantitative estimate of drug-likeness (QED) is 0.841. The Labute approximate surface area is 115 Å². The molecule has 0 saturated heterocycles. The van der Waals surface area contributed by atoms with E-state index in [2.05, 4.69) is 9.82 Å². The van der Waals surface area contributed by atoms with Crippen LogP contribution in [0.5, 0.6) is 0 Å². The molecule has 8 heteroatoms. The van der Waals surface area contributed by atoms with E-state index in [-0.39, 0.29) is 17.1 Å². The first-order valence-corrected chi connectivity index (χ1v) is 7.18. The van der Waals surface area contributed by atoms with Gasteiger partial charge in [-0.15, -0.1) is 0 Å². The van der Waals surface area contributed by atoms with Crippen LogP contribution in [0.2, 0.25) is 0 Å². The van der Waals surface area contributed by atoms with E-state index in [1.54, 1.807) is 12.1 Å². The molecule has 2 aromatic rings. The van der Waals surface area contributed by atoms with E-state index >= 15 is 0 Å². The van der Waals surface area contributed by atoms with Gasteiger partial charge in [0.2, 0.25) is 0 Å². The Morgan fingerprint density at radius 3 is 2.45 bits per heavy atom. The third-order valence-electron chi connectivity index (χ3n) is 2.72. The number of aromatic nitrogens is 2. The van der Waals surface area contributed by atoms with Gasteiger partial charge in [-0.05, 0) is 23.8 Å². The number of sulfonamides is 1. The van der Waals surface area contributed by atoms with Crippen LogP contribution < -0.4 is 4.72 Å². The Morgan fingerprint density at radius 2 is 1.95 bits per heavy atom. The van der Waals surface area contributed by atoms with E-state index in [9.17, 15) is 13.2 Å². The Balaban J connectivity index is 2.09. The lowest BCUT2D eigenvalue weighted by Crippen LogP contribution is -2.25. The van der Waals surface area contributed by atoms with E-state index in [1.807, 2.05) is 0 Å². The number of carbonyl (C=O) groups is 1. The maximum Gasteiger partial charge on any atom is 0.335 e. The molecule has 2 N–H and O–H groups in total. The van der Waals surface area contributed by atoms with Crippen molar-refractivity contribution in [3.8, 4) is 0 Å². The van der Waals surface area contributed by atoms with Crippen LogP contribution in [-0.2, 0) is 23.6 Å². The number of aromatic carboxylic acids is 1. The van der Waals surface area contributed by atoms with E-state index < -0.39 is 16.0 Å². The molecule has 1 aromatic carbocycles. The van der Waals surface area contributed by atoms with Gasteiger partial charge in [0.1, 0.15) is 0 Å². The zero-order valence-corrected chi connectivity index (χ0v) is 11.5. The Morgan fingerprint density at radius 1 is 1.30 bits per heavy atom. The topological polar surface area (TPSA) is 101 Å². The predicted molar refractivity (Wildman–Crippen MR) is 70.6 cm³/mol. The second-order valence-corrected chi connectivity index (χ2v) is 5.83. The summed E-state index contributed by atoms with van der Waals surface area (Å²) < 4.78 is 27.7. The van der Waals surface area contributed by atoms with Gasteiger partial charge in [-0.3, -0.25) is 4.68 Å². The summed E-state index contributed by atoms with van der Waals surface area (Å²) in [6.45, 7) is 0.0768. The number of rotatable bonds is 5. The van der Waals surface area contributed by atoms with Gasteiger partial charge in [-0.2, -0.15) is 5.10 Å². The van der Waals surface area contributed by atoms with Gasteiger partial charge in [-0.1, -0.05) is 12.1 Å². The first-order chi connectivity index (χ1) is 9.40. The summed E-state index contributed by atoms with van der Waals surface area (Å²) in [6, 6.07) is 7.38. The fourth-order valence-corrected chi connectivity index (χ4v) is 2.78. The minimum Gasteiger partial charge on any atom is -0.478 e. The summed E-state index contributed by atoms with van der Waals surface area (Å²) in [5.41, 5.74) is 0.823. The smallest absolute Gasteiger partial charge is 0.335 e.